The van der Waals surface area contributed by atoms with Crippen LogP contribution < -0.4 is 5.73 Å². The first-order valence-electron chi connectivity index (χ1n) is 5.34. The van der Waals surface area contributed by atoms with E-state index >= 15 is 0 Å². The number of benzene rings is 1. The van der Waals surface area contributed by atoms with Gasteiger partial charge in [0.25, 0.3) is 0 Å². The molecule has 0 amide bonds. The Labute approximate surface area is 95.0 Å². The minimum Gasteiger partial charge on any atom is -0.391 e. The molecule has 1 aromatic carbocycles. The molecule has 0 saturated heterocycles. The minimum atomic E-state index is -0.610. The quantitative estimate of drug-likeness (QED) is 0.803. The van der Waals surface area contributed by atoms with Crippen molar-refractivity contribution in [2.75, 3.05) is 6.54 Å². The standard InChI is InChI=1S/C12H18FNO2/c1-8(15)9(2)16-12(7-14)10-5-3-4-6-11(10)13/h3-6,8-9,12,15H,7,14H2,1-2H3. The maximum Gasteiger partial charge on any atom is 0.129 e. The summed E-state index contributed by atoms with van der Waals surface area (Å²) in [6, 6.07) is 6.36. The van der Waals surface area contributed by atoms with Crippen molar-refractivity contribution < 1.29 is 14.2 Å². The van der Waals surface area contributed by atoms with Crippen LogP contribution in [0.1, 0.15) is 25.5 Å². The van der Waals surface area contributed by atoms with E-state index in [4.69, 9.17) is 10.5 Å². The predicted octanol–water partition coefficient (Wildman–Crippen LogP) is 1.61. The molecule has 3 atom stereocenters. The number of halogens is 1. The number of aliphatic hydroxyl groups is 1. The van der Waals surface area contributed by atoms with Gasteiger partial charge in [0.05, 0.1) is 18.3 Å². The van der Waals surface area contributed by atoms with Crippen molar-refractivity contribution in [3.8, 4) is 0 Å². The Hall–Kier alpha value is -0.970. The molecule has 0 fully saturated rings. The fraction of sp³-hybridized carbons (Fsp3) is 0.500. The van der Waals surface area contributed by atoms with E-state index in [1.54, 1.807) is 32.0 Å². The molecule has 0 spiro atoms. The third-order valence-electron chi connectivity index (χ3n) is 2.52. The minimum absolute atomic E-state index is 0.179. The number of rotatable bonds is 5. The smallest absolute Gasteiger partial charge is 0.129 e. The van der Waals surface area contributed by atoms with Crippen LogP contribution in [0, 0.1) is 5.82 Å². The monoisotopic (exact) mass is 227 g/mol. The van der Waals surface area contributed by atoms with Crippen molar-refractivity contribution in [2.45, 2.75) is 32.2 Å². The van der Waals surface area contributed by atoms with Gasteiger partial charge < -0.3 is 15.6 Å². The average molecular weight is 227 g/mol. The number of hydrogen-bond donors (Lipinski definition) is 2. The Morgan fingerprint density at radius 1 is 1.38 bits per heavy atom. The van der Waals surface area contributed by atoms with E-state index in [0.29, 0.717) is 5.56 Å². The molecule has 3 N–H and O–H groups in total. The molecule has 0 radical (unpaired) electrons. The molecule has 16 heavy (non-hydrogen) atoms. The van der Waals surface area contributed by atoms with Gasteiger partial charge in [-0.05, 0) is 19.9 Å². The lowest BCUT2D eigenvalue weighted by Gasteiger charge is -2.23. The van der Waals surface area contributed by atoms with Gasteiger partial charge in [0.2, 0.25) is 0 Å². The normalized spacial score (nSPS) is 16.8. The summed E-state index contributed by atoms with van der Waals surface area (Å²) >= 11 is 0. The Morgan fingerprint density at radius 3 is 2.50 bits per heavy atom. The Kier molecular flexibility index (Phi) is 4.86. The molecule has 0 saturated carbocycles. The first-order chi connectivity index (χ1) is 7.56. The highest BCUT2D eigenvalue weighted by Crippen LogP contribution is 2.21. The zero-order chi connectivity index (χ0) is 12.1. The van der Waals surface area contributed by atoms with Gasteiger partial charge >= 0.3 is 0 Å². The fourth-order valence-electron chi connectivity index (χ4n) is 1.36. The van der Waals surface area contributed by atoms with E-state index in [-0.39, 0.29) is 18.5 Å². The van der Waals surface area contributed by atoms with Crippen LogP contribution in [0.3, 0.4) is 0 Å². The Bertz CT molecular complexity index is 331. The van der Waals surface area contributed by atoms with Crippen molar-refractivity contribution in [3.05, 3.63) is 35.6 Å². The van der Waals surface area contributed by atoms with Crippen molar-refractivity contribution in [1.82, 2.24) is 0 Å². The van der Waals surface area contributed by atoms with E-state index in [1.165, 1.54) is 6.07 Å². The summed E-state index contributed by atoms with van der Waals surface area (Å²) in [5, 5.41) is 9.32. The van der Waals surface area contributed by atoms with Gasteiger partial charge in [0.15, 0.2) is 0 Å². The second-order valence-electron chi connectivity index (χ2n) is 3.83. The van der Waals surface area contributed by atoms with E-state index in [2.05, 4.69) is 0 Å². The molecule has 1 rings (SSSR count). The summed E-state index contributed by atoms with van der Waals surface area (Å²) in [6.07, 6.45) is -1.51. The molecule has 0 bridgehead atoms. The number of aliphatic hydroxyl groups excluding tert-OH is 1. The molecule has 90 valence electrons. The molecular weight excluding hydrogens is 209 g/mol. The number of ether oxygens (including phenoxy) is 1. The zero-order valence-corrected chi connectivity index (χ0v) is 9.56. The Morgan fingerprint density at radius 2 is 2.00 bits per heavy atom. The van der Waals surface area contributed by atoms with Gasteiger partial charge in [-0.2, -0.15) is 0 Å². The van der Waals surface area contributed by atoms with Crippen LogP contribution in [0.2, 0.25) is 0 Å². The summed E-state index contributed by atoms with van der Waals surface area (Å²) in [5.74, 6) is -0.337. The van der Waals surface area contributed by atoms with Crippen LogP contribution in [0.5, 0.6) is 0 Å². The topological polar surface area (TPSA) is 55.5 Å². The van der Waals surface area contributed by atoms with Crippen molar-refractivity contribution in [2.24, 2.45) is 5.73 Å². The van der Waals surface area contributed by atoms with E-state index < -0.39 is 12.2 Å². The fourth-order valence-corrected chi connectivity index (χ4v) is 1.36. The lowest BCUT2D eigenvalue weighted by Crippen LogP contribution is -2.28. The van der Waals surface area contributed by atoms with Gasteiger partial charge in [-0.1, -0.05) is 18.2 Å². The SMILES string of the molecule is CC(O)C(C)OC(CN)c1ccccc1F. The summed E-state index contributed by atoms with van der Waals surface area (Å²) in [7, 11) is 0. The lowest BCUT2D eigenvalue weighted by atomic mass is 10.1. The highest BCUT2D eigenvalue weighted by Gasteiger charge is 2.19. The maximum absolute atomic E-state index is 13.5. The molecule has 3 nitrogen and oxygen atoms in total. The molecule has 0 heterocycles. The largest absolute Gasteiger partial charge is 0.391 e. The van der Waals surface area contributed by atoms with Crippen LogP contribution in [0.15, 0.2) is 24.3 Å². The average Bonchev–Trinajstić information content (AvgIpc) is 2.26. The third-order valence-corrected chi connectivity index (χ3v) is 2.52. The van der Waals surface area contributed by atoms with Crippen molar-refractivity contribution >= 4 is 0 Å². The molecule has 1 aromatic rings. The third kappa shape index (κ3) is 3.27. The molecule has 3 unspecified atom stereocenters. The Balaban J connectivity index is 2.79. The summed E-state index contributed by atoms with van der Waals surface area (Å²) in [4.78, 5) is 0. The summed E-state index contributed by atoms with van der Waals surface area (Å²) in [6.45, 7) is 3.53. The molecule has 0 aliphatic heterocycles. The summed E-state index contributed by atoms with van der Waals surface area (Å²) in [5.41, 5.74) is 5.98. The van der Waals surface area contributed by atoms with Gasteiger partial charge in [-0.15, -0.1) is 0 Å². The maximum atomic E-state index is 13.5. The first-order valence-corrected chi connectivity index (χ1v) is 5.34. The molecule has 0 aliphatic rings. The van der Waals surface area contributed by atoms with Crippen molar-refractivity contribution in [1.29, 1.82) is 0 Å². The first kappa shape index (κ1) is 13.1. The second-order valence-corrected chi connectivity index (χ2v) is 3.83. The van der Waals surface area contributed by atoms with E-state index in [0.717, 1.165) is 0 Å². The van der Waals surface area contributed by atoms with Crippen LogP contribution >= 0.6 is 0 Å². The molecule has 0 aliphatic carbocycles. The van der Waals surface area contributed by atoms with Crippen LogP contribution in [-0.4, -0.2) is 23.9 Å². The summed E-state index contributed by atoms with van der Waals surface area (Å²) < 4.78 is 19.0. The highest BCUT2D eigenvalue weighted by molar-refractivity contribution is 5.20. The van der Waals surface area contributed by atoms with Crippen LogP contribution in [0.4, 0.5) is 4.39 Å². The van der Waals surface area contributed by atoms with Gasteiger partial charge in [-0.25, -0.2) is 4.39 Å². The zero-order valence-electron chi connectivity index (χ0n) is 9.56. The second kappa shape index (κ2) is 5.94. The van der Waals surface area contributed by atoms with E-state index in [1.807, 2.05) is 0 Å². The number of nitrogens with two attached hydrogens (primary N) is 1. The molecule has 0 aromatic heterocycles. The van der Waals surface area contributed by atoms with Gasteiger partial charge in [-0.3, -0.25) is 0 Å². The lowest BCUT2D eigenvalue weighted by molar-refractivity contribution is -0.0602. The van der Waals surface area contributed by atoms with E-state index in [9.17, 15) is 9.50 Å². The van der Waals surface area contributed by atoms with Crippen LogP contribution in [0.25, 0.3) is 0 Å². The molecular formula is C12H18FNO2. The van der Waals surface area contributed by atoms with Crippen LogP contribution in [-0.2, 0) is 4.74 Å². The molecule has 4 heteroatoms. The number of hydrogen-bond acceptors (Lipinski definition) is 3. The highest BCUT2D eigenvalue weighted by atomic mass is 19.1. The predicted molar refractivity (Wildman–Crippen MR) is 60.4 cm³/mol. The van der Waals surface area contributed by atoms with Gasteiger partial charge in [0.1, 0.15) is 5.82 Å². The van der Waals surface area contributed by atoms with Crippen molar-refractivity contribution in [3.63, 3.8) is 0 Å². The van der Waals surface area contributed by atoms with Gasteiger partial charge in [0, 0.05) is 12.1 Å².